The van der Waals surface area contributed by atoms with E-state index >= 15 is 0 Å². The summed E-state index contributed by atoms with van der Waals surface area (Å²) >= 11 is 6.35. The predicted molar refractivity (Wildman–Crippen MR) is 135 cm³/mol. The van der Waals surface area contributed by atoms with Crippen LogP contribution in [0, 0.1) is 12.3 Å². The highest BCUT2D eigenvalue weighted by atomic mass is 35.5. The van der Waals surface area contributed by atoms with E-state index in [1.807, 2.05) is 32.0 Å². The quantitative estimate of drug-likeness (QED) is 0.541. The topological polar surface area (TPSA) is 103 Å². The van der Waals surface area contributed by atoms with Gasteiger partial charge in [0.05, 0.1) is 23.6 Å². The summed E-state index contributed by atoms with van der Waals surface area (Å²) in [4.78, 5) is 24.2. The van der Waals surface area contributed by atoms with Crippen LogP contribution in [0.15, 0.2) is 24.5 Å². The number of pyridine rings is 2. The molecule has 0 aromatic carbocycles. The zero-order chi connectivity index (χ0) is 24.5. The van der Waals surface area contributed by atoms with E-state index in [4.69, 9.17) is 26.7 Å². The Bertz CT molecular complexity index is 1150. The molecule has 2 aromatic rings. The Hall–Kier alpha value is -3.13. The number of carbonyl (C=O) groups is 1. The van der Waals surface area contributed by atoms with Crippen molar-refractivity contribution in [3.63, 3.8) is 0 Å². The standard InChI is InChI=1S/C25H31ClN6O2/c1-15(19-10-22(34-4)29-13-21(19)26)24(33)32-8-7-25(14-32)6-5-17-9-20(18(11-27)12-28-3)16(2)30-23(17)31-25/h9-13,15,27-28H,5-8,14H2,1-4H3,(H,30,31)/b18-12+,27-11?/t15-,25+/m1/s1. The van der Waals surface area contributed by atoms with E-state index in [-0.39, 0.29) is 11.4 Å². The second-order valence-electron chi connectivity index (χ2n) is 9.05. The molecule has 0 saturated carbocycles. The summed E-state index contributed by atoms with van der Waals surface area (Å²) in [5, 5.41) is 14.9. The smallest absolute Gasteiger partial charge is 0.229 e. The van der Waals surface area contributed by atoms with E-state index < -0.39 is 5.92 Å². The maximum Gasteiger partial charge on any atom is 0.229 e. The Morgan fingerprint density at radius 3 is 2.91 bits per heavy atom. The number of carbonyl (C=O) groups excluding carboxylic acids is 1. The number of anilines is 1. The van der Waals surface area contributed by atoms with Crippen LogP contribution in [0.5, 0.6) is 5.88 Å². The van der Waals surface area contributed by atoms with E-state index in [2.05, 4.69) is 21.7 Å². The van der Waals surface area contributed by atoms with Crippen LogP contribution in [0.25, 0.3) is 5.57 Å². The van der Waals surface area contributed by atoms with E-state index in [9.17, 15) is 4.79 Å². The Labute approximate surface area is 205 Å². The number of methoxy groups -OCH3 is 1. The molecule has 4 heterocycles. The van der Waals surface area contributed by atoms with Crippen molar-refractivity contribution in [3.05, 3.63) is 51.9 Å². The minimum absolute atomic E-state index is 0.0481. The molecule has 2 aliphatic heterocycles. The molecule has 0 unspecified atom stereocenters. The molecule has 0 aliphatic carbocycles. The van der Waals surface area contributed by atoms with Gasteiger partial charge in [-0.25, -0.2) is 9.97 Å². The zero-order valence-electron chi connectivity index (χ0n) is 20.0. The van der Waals surface area contributed by atoms with E-state index in [0.717, 1.165) is 53.0 Å². The molecule has 1 amide bonds. The summed E-state index contributed by atoms with van der Waals surface area (Å²) in [7, 11) is 3.37. The van der Waals surface area contributed by atoms with Crippen molar-refractivity contribution < 1.29 is 9.53 Å². The molecule has 0 radical (unpaired) electrons. The number of aryl methyl sites for hydroxylation is 2. The summed E-state index contributed by atoms with van der Waals surface area (Å²) in [6.45, 7) is 5.16. The molecular weight excluding hydrogens is 452 g/mol. The van der Waals surface area contributed by atoms with Gasteiger partial charge >= 0.3 is 0 Å². The Kier molecular flexibility index (Phi) is 6.79. The third-order valence-electron chi connectivity index (χ3n) is 6.89. The fourth-order valence-electron chi connectivity index (χ4n) is 4.93. The first kappa shape index (κ1) is 24.0. The second kappa shape index (κ2) is 9.62. The number of fused-ring (bicyclic) bond motifs is 1. The van der Waals surface area contributed by atoms with Crippen molar-refractivity contribution in [2.45, 2.75) is 44.6 Å². The molecule has 1 fully saturated rings. The summed E-state index contributed by atoms with van der Waals surface area (Å²) in [6, 6.07) is 3.87. The van der Waals surface area contributed by atoms with Crippen LogP contribution in [-0.4, -0.2) is 59.8 Å². The second-order valence-corrected chi connectivity index (χ2v) is 9.45. The van der Waals surface area contributed by atoms with Gasteiger partial charge in [0.15, 0.2) is 0 Å². The first-order valence-corrected chi connectivity index (χ1v) is 11.8. The van der Waals surface area contributed by atoms with Gasteiger partial charge in [-0.05, 0) is 50.3 Å². The fourth-order valence-corrected chi connectivity index (χ4v) is 5.20. The van der Waals surface area contributed by atoms with Crippen molar-refractivity contribution in [1.29, 1.82) is 5.41 Å². The van der Waals surface area contributed by atoms with Crippen molar-refractivity contribution in [2.75, 3.05) is 32.6 Å². The van der Waals surface area contributed by atoms with Crippen LogP contribution in [0.3, 0.4) is 0 Å². The first-order chi connectivity index (χ1) is 16.3. The number of amides is 1. The molecule has 2 aromatic heterocycles. The predicted octanol–water partition coefficient (Wildman–Crippen LogP) is 3.79. The Morgan fingerprint density at radius 1 is 1.41 bits per heavy atom. The number of hydrogen-bond acceptors (Lipinski definition) is 7. The molecule has 180 valence electrons. The van der Waals surface area contributed by atoms with Gasteiger partial charge in [0.25, 0.3) is 0 Å². The van der Waals surface area contributed by atoms with Gasteiger partial charge in [-0.3, -0.25) is 4.79 Å². The third kappa shape index (κ3) is 4.46. The minimum Gasteiger partial charge on any atom is -0.481 e. The zero-order valence-corrected chi connectivity index (χ0v) is 20.8. The highest BCUT2D eigenvalue weighted by Gasteiger charge is 2.43. The highest BCUT2D eigenvalue weighted by molar-refractivity contribution is 6.31. The number of likely N-dealkylation sites (tertiary alicyclic amines) is 1. The van der Waals surface area contributed by atoms with Gasteiger partial charge in [0.2, 0.25) is 11.8 Å². The molecule has 0 bridgehead atoms. The normalized spacial score (nSPS) is 20.5. The van der Waals surface area contributed by atoms with Gasteiger partial charge in [-0.1, -0.05) is 11.6 Å². The Balaban J connectivity index is 1.51. The van der Waals surface area contributed by atoms with Gasteiger partial charge in [0.1, 0.15) is 5.82 Å². The number of aromatic nitrogens is 2. The summed E-state index contributed by atoms with van der Waals surface area (Å²) < 4.78 is 5.21. The van der Waals surface area contributed by atoms with E-state index in [1.54, 1.807) is 13.2 Å². The van der Waals surface area contributed by atoms with Gasteiger partial charge < -0.3 is 25.7 Å². The van der Waals surface area contributed by atoms with Crippen molar-refractivity contribution in [3.8, 4) is 5.88 Å². The molecule has 2 atom stereocenters. The monoisotopic (exact) mass is 482 g/mol. The minimum atomic E-state index is -0.392. The number of halogens is 1. The van der Waals surface area contributed by atoms with Crippen molar-refractivity contribution >= 4 is 35.1 Å². The van der Waals surface area contributed by atoms with Crippen LogP contribution >= 0.6 is 11.6 Å². The van der Waals surface area contributed by atoms with Crippen LogP contribution in [0.1, 0.15) is 48.1 Å². The third-order valence-corrected chi connectivity index (χ3v) is 7.20. The number of rotatable bonds is 6. The number of nitrogens with zero attached hydrogens (tertiary/aromatic N) is 3. The first-order valence-electron chi connectivity index (χ1n) is 11.5. The maximum absolute atomic E-state index is 13.4. The molecule has 4 rings (SSSR count). The average Bonchev–Trinajstić information content (AvgIpc) is 3.24. The van der Waals surface area contributed by atoms with Gasteiger partial charge in [0, 0.05) is 61.6 Å². The van der Waals surface area contributed by atoms with Crippen LogP contribution in [-0.2, 0) is 11.2 Å². The number of ether oxygens (including phenoxy) is 1. The SMILES string of the molecule is CN/C=C(\C=N)c1cc2c(nc1C)N[C@@]1(CC2)CCN(C(=O)[C@H](C)c2cc(OC)ncc2Cl)C1. The summed E-state index contributed by atoms with van der Waals surface area (Å²) in [6.07, 6.45) is 7.35. The lowest BCUT2D eigenvalue weighted by molar-refractivity contribution is -0.131. The van der Waals surface area contributed by atoms with Gasteiger partial charge in [-0.15, -0.1) is 0 Å². The van der Waals surface area contributed by atoms with Crippen molar-refractivity contribution in [1.82, 2.24) is 20.2 Å². The summed E-state index contributed by atoms with van der Waals surface area (Å²) in [5.74, 6) is 0.980. The fraction of sp³-hybridized carbons (Fsp3) is 0.440. The molecule has 1 spiro atoms. The lowest BCUT2D eigenvalue weighted by Gasteiger charge is -2.36. The van der Waals surface area contributed by atoms with Crippen molar-refractivity contribution in [2.24, 2.45) is 0 Å². The molecule has 8 nitrogen and oxygen atoms in total. The molecule has 34 heavy (non-hydrogen) atoms. The molecule has 2 aliphatic rings. The average molecular weight is 483 g/mol. The van der Waals surface area contributed by atoms with E-state index in [1.165, 1.54) is 12.4 Å². The largest absolute Gasteiger partial charge is 0.481 e. The summed E-state index contributed by atoms with van der Waals surface area (Å²) in [5.41, 5.74) is 4.31. The highest BCUT2D eigenvalue weighted by Crippen LogP contribution is 2.38. The van der Waals surface area contributed by atoms with Crippen LogP contribution in [0.2, 0.25) is 5.02 Å². The lowest BCUT2D eigenvalue weighted by atomic mass is 9.86. The Morgan fingerprint density at radius 2 is 2.21 bits per heavy atom. The van der Waals surface area contributed by atoms with Gasteiger partial charge in [-0.2, -0.15) is 0 Å². The van der Waals surface area contributed by atoms with Crippen LogP contribution < -0.4 is 15.4 Å². The number of allylic oxidation sites excluding steroid dienone is 1. The molecule has 1 saturated heterocycles. The number of hydrogen-bond donors (Lipinski definition) is 3. The number of nitrogens with one attached hydrogen (secondary N) is 3. The molecule has 3 N–H and O–H groups in total. The molecular formula is C25H31ClN6O2. The lowest BCUT2D eigenvalue weighted by Crippen LogP contribution is -2.46. The van der Waals surface area contributed by atoms with E-state index in [0.29, 0.717) is 24.0 Å². The van der Waals surface area contributed by atoms with Crippen LogP contribution in [0.4, 0.5) is 5.82 Å². The maximum atomic E-state index is 13.4. The molecule has 9 heteroatoms.